The first-order valence-electron chi connectivity index (χ1n) is 4.80. The molecule has 0 aliphatic rings. The van der Waals surface area contributed by atoms with Crippen LogP contribution in [-0.2, 0) is 13.5 Å². The van der Waals surface area contributed by atoms with Crippen LogP contribution in [-0.4, -0.2) is 16.3 Å². The highest BCUT2D eigenvalue weighted by Gasteiger charge is 2.13. The lowest BCUT2D eigenvalue weighted by Gasteiger charge is -2.06. The number of aromatic nitrogens is 2. The van der Waals surface area contributed by atoms with Crippen LogP contribution in [0.3, 0.4) is 0 Å². The average molecular weight is 181 g/mol. The van der Waals surface area contributed by atoms with E-state index in [-0.39, 0.29) is 0 Å². The molecule has 1 aromatic heterocycles. The van der Waals surface area contributed by atoms with Gasteiger partial charge in [-0.1, -0.05) is 13.8 Å². The minimum Gasteiger partial charge on any atom is -0.330 e. The Morgan fingerprint density at radius 2 is 2.08 bits per heavy atom. The number of hydrogen-bond acceptors (Lipinski definition) is 2. The molecule has 0 fully saturated rings. The topological polar surface area (TPSA) is 43.8 Å². The van der Waals surface area contributed by atoms with Crippen molar-refractivity contribution in [1.82, 2.24) is 9.78 Å². The lowest BCUT2D eigenvalue weighted by atomic mass is 10.0. The van der Waals surface area contributed by atoms with Gasteiger partial charge in [0.1, 0.15) is 0 Å². The predicted octanol–water partition coefficient (Wildman–Crippen LogP) is 1.35. The van der Waals surface area contributed by atoms with Crippen molar-refractivity contribution in [3.05, 3.63) is 17.0 Å². The second-order valence-electron chi connectivity index (χ2n) is 3.77. The maximum Gasteiger partial charge on any atom is 0.0669 e. The molecule has 2 N–H and O–H groups in total. The fourth-order valence-corrected chi connectivity index (χ4v) is 1.88. The highest BCUT2D eigenvalue weighted by Crippen LogP contribution is 2.20. The maximum absolute atomic E-state index is 5.52. The fraction of sp³-hybridized carbons (Fsp3) is 0.700. The largest absolute Gasteiger partial charge is 0.330 e. The van der Waals surface area contributed by atoms with Crippen LogP contribution in [0.5, 0.6) is 0 Å². The van der Waals surface area contributed by atoms with Crippen molar-refractivity contribution in [3.63, 3.8) is 0 Å². The third-order valence-corrected chi connectivity index (χ3v) is 2.36. The summed E-state index contributed by atoms with van der Waals surface area (Å²) < 4.78 is 1.98. The molecule has 1 rings (SSSR count). The zero-order chi connectivity index (χ0) is 10.0. The summed E-state index contributed by atoms with van der Waals surface area (Å²) in [4.78, 5) is 0. The van der Waals surface area contributed by atoms with Gasteiger partial charge in [-0.2, -0.15) is 5.10 Å². The van der Waals surface area contributed by atoms with E-state index in [1.54, 1.807) is 0 Å². The van der Waals surface area contributed by atoms with Crippen molar-refractivity contribution in [1.29, 1.82) is 0 Å². The van der Waals surface area contributed by atoms with Crippen LogP contribution in [0.25, 0.3) is 0 Å². The Morgan fingerprint density at radius 1 is 1.46 bits per heavy atom. The third kappa shape index (κ3) is 1.91. The van der Waals surface area contributed by atoms with E-state index in [4.69, 9.17) is 5.73 Å². The molecule has 13 heavy (non-hydrogen) atoms. The molecule has 0 saturated heterocycles. The quantitative estimate of drug-likeness (QED) is 0.765. The lowest BCUT2D eigenvalue weighted by Crippen LogP contribution is -2.04. The number of nitrogens with two attached hydrogens (primary N) is 1. The van der Waals surface area contributed by atoms with Crippen LogP contribution in [0.15, 0.2) is 0 Å². The van der Waals surface area contributed by atoms with Gasteiger partial charge in [0.2, 0.25) is 0 Å². The van der Waals surface area contributed by atoms with Gasteiger partial charge in [-0.3, -0.25) is 4.68 Å². The molecule has 1 heterocycles. The van der Waals surface area contributed by atoms with Gasteiger partial charge in [0.15, 0.2) is 0 Å². The molecular formula is C10H19N3. The highest BCUT2D eigenvalue weighted by atomic mass is 15.3. The summed E-state index contributed by atoms with van der Waals surface area (Å²) in [5.41, 5.74) is 9.29. The molecule has 0 aliphatic carbocycles. The molecule has 0 spiro atoms. The van der Waals surface area contributed by atoms with Crippen molar-refractivity contribution in [2.24, 2.45) is 12.8 Å². The van der Waals surface area contributed by atoms with E-state index in [1.807, 2.05) is 11.7 Å². The van der Waals surface area contributed by atoms with Crippen molar-refractivity contribution in [2.75, 3.05) is 6.54 Å². The van der Waals surface area contributed by atoms with Gasteiger partial charge in [-0.05, 0) is 24.9 Å². The number of aryl methyl sites for hydroxylation is 1. The third-order valence-electron chi connectivity index (χ3n) is 2.36. The van der Waals surface area contributed by atoms with E-state index in [9.17, 15) is 0 Å². The minimum atomic E-state index is 0.532. The Bertz CT molecular complexity index is 287. The fourth-order valence-electron chi connectivity index (χ4n) is 1.88. The Hall–Kier alpha value is -0.830. The Labute approximate surface area is 79.9 Å². The van der Waals surface area contributed by atoms with E-state index in [2.05, 4.69) is 25.9 Å². The first-order chi connectivity index (χ1) is 6.07. The molecule has 0 aliphatic heterocycles. The summed E-state index contributed by atoms with van der Waals surface area (Å²) in [6, 6.07) is 0. The summed E-state index contributed by atoms with van der Waals surface area (Å²) in [6.45, 7) is 7.19. The van der Waals surface area contributed by atoms with Gasteiger partial charge in [-0.25, -0.2) is 0 Å². The van der Waals surface area contributed by atoms with Gasteiger partial charge in [0, 0.05) is 19.2 Å². The van der Waals surface area contributed by atoms with Gasteiger partial charge >= 0.3 is 0 Å². The molecule has 0 bridgehead atoms. The van der Waals surface area contributed by atoms with E-state index in [1.165, 1.54) is 11.3 Å². The molecule has 0 saturated carbocycles. The zero-order valence-corrected chi connectivity index (χ0v) is 8.96. The van der Waals surface area contributed by atoms with Crippen LogP contribution in [0.1, 0.15) is 36.7 Å². The van der Waals surface area contributed by atoms with E-state index < -0.39 is 0 Å². The van der Waals surface area contributed by atoms with E-state index in [0.29, 0.717) is 12.5 Å². The Balaban J connectivity index is 3.07. The monoisotopic (exact) mass is 181 g/mol. The van der Waals surface area contributed by atoms with Crippen LogP contribution in [0, 0.1) is 6.92 Å². The molecule has 0 unspecified atom stereocenters. The van der Waals surface area contributed by atoms with E-state index >= 15 is 0 Å². The summed E-state index contributed by atoms with van der Waals surface area (Å²) >= 11 is 0. The average Bonchev–Trinajstić information content (AvgIpc) is 2.28. The van der Waals surface area contributed by atoms with Gasteiger partial charge in [-0.15, -0.1) is 0 Å². The first kappa shape index (κ1) is 10.3. The molecule has 0 aromatic carbocycles. The molecular weight excluding hydrogens is 162 g/mol. The van der Waals surface area contributed by atoms with E-state index in [0.717, 1.165) is 12.1 Å². The highest BCUT2D eigenvalue weighted by molar-refractivity contribution is 5.27. The minimum absolute atomic E-state index is 0.532. The van der Waals surface area contributed by atoms with Crippen LogP contribution < -0.4 is 5.73 Å². The van der Waals surface area contributed by atoms with Crippen LogP contribution in [0.2, 0.25) is 0 Å². The van der Waals surface area contributed by atoms with Crippen LogP contribution in [0.4, 0.5) is 0 Å². The second kappa shape index (κ2) is 3.92. The van der Waals surface area contributed by atoms with Gasteiger partial charge in [0.05, 0.1) is 5.69 Å². The molecule has 0 radical (unpaired) electrons. The normalized spacial score (nSPS) is 11.2. The Morgan fingerprint density at radius 3 is 2.46 bits per heavy atom. The first-order valence-corrected chi connectivity index (χ1v) is 4.80. The molecule has 0 atom stereocenters. The van der Waals surface area contributed by atoms with Crippen molar-refractivity contribution in [3.8, 4) is 0 Å². The molecule has 1 aromatic rings. The number of nitrogens with zero attached hydrogens (tertiary/aromatic N) is 2. The molecule has 0 amide bonds. The van der Waals surface area contributed by atoms with Crippen molar-refractivity contribution < 1.29 is 0 Å². The number of hydrogen-bond donors (Lipinski definition) is 1. The Kier molecular flexibility index (Phi) is 3.09. The van der Waals surface area contributed by atoms with Crippen LogP contribution >= 0.6 is 0 Å². The predicted molar refractivity (Wildman–Crippen MR) is 54.8 cm³/mol. The van der Waals surface area contributed by atoms with Gasteiger partial charge in [0.25, 0.3) is 0 Å². The number of rotatable bonds is 3. The molecule has 74 valence electrons. The SMILES string of the molecule is Cc1c(CCN)nn(C)c1C(C)C. The van der Waals surface area contributed by atoms with Gasteiger partial charge < -0.3 is 5.73 Å². The van der Waals surface area contributed by atoms with Crippen molar-refractivity contribution >= 4 is 0 Å². The molecule has 3 nitrogen and oxygen atoms in total. The second-order valence-corrected chi connectivity index (χ2v) is 3.77. The summed E-state index contributed by atoms with van der Waals surface area (Å²) in [7, 11) is 2.00. The standard InChI is InChI=1S/C10H19N3/c1-7(2)10-8(3)9(5-6-11)12-13(10)4/h7H,5-6,11H2,1-4H3. The maximum atomic E-state index is 5.52. The van der Waals surface area contributed by atoms with Crippen molar-refractivity contribution in [2.45, 2.75) is 33.1 Å². The molecule has 3 heteroatoms. The zero-order valence-electron chi connectivity index (χ0n) is 8.96. The lowest BCUT2D eigenvalue weighted by molar-refractivity contribution is 0.659. The summed E-state index contributed by atoms with van der Waals surface area (Å²) in [5.74, 6) is 0.532. The summed E-state index contributed by atoms with van der Waals surface area (Å²) in [5, 5.41) is 4.46. The summed E-state index contributed by atoms with van der Waals surface area (Å²) in [6.07, 6.45) is 0.881. The smallest absolute Gasteiger partial charge is 0.0669 e.